The van der Waals surface area contributed by atoms with Crippen LogP contribution in [0.15, 0.2) is 11.1 Å². The summed E-state index contributed by atoms with van der Waals surface area (Å²) in [6.07, 6.45) is -5.16. The van der Waals surface area contributed by atoms with Gasteiger partial charge in [0.25, 0.3) is 0 Å². The van der Waals surface area contributed by atoms with Gasteiger partial charge in [0.1, 0.15) is 5.03 Å². The molecule has 1 aromatic rings. The smallest absolute Gasteiger partial charge is 0.392 e. The van der Waals surface area contributed by atoms with Crippen molar-refractivity contribution in [1.29, 1.82) is 0 Å². The lowest BCUT2D eigenvalue weighted by Crippen LogP contribution is -2.17. The fourth-order valence-electron chi connectivity index (χ4n) is 1.16. The molecule has 0 bridgehead atoms. The molecule has 0 amide bonds. The molecule has 0 aliphatic heterocycles. The Morgan fingerprint density at radius 3 is 2.47 bits per heavy atom. The quantitative estimate of drug-likeness (QED) is 0.646. The molecule has 0 saturated carbocycles. The summed E-state index contributed by atoms with van der Waals surface area (Å²) in [4.78, 5) is 7.41. The van der Waals surface area contributed by atoms with E-state index in [1.54, 1.807) is 20.8 Å². The van der Waals surface area contributed by atoms with Crippen molar-refractivity contribution >= 4 is 17.7 Å². The van der Waals surface area contributed by atoms with Gasteiger partial charge in [-0.1, -0.05) is 6.92 Å². The van der Waals surface area contributed by atoms with Crippen LogP contribution in [0.1, 0.15) is 26.5 Å². The van der Waals surface area contributed by atoms with Gasteiger partial charge in [-0.2, -0.15) is 13.2 Å². The van der Waals surface area contributed by atoms with E-state index < -0.39 is 18.0 Å². The molecule has 2 atom stereocenters. The standard InChI is InChI=1S/C11H16F3N3OS/c1-4-15-10-16-8(11(12,13)14)5-9(17-10)19-7(3)6(2)18/h5-7,18H,4H2,1-3H3,(H,15,16,17). The Bertz CT molecular complexity index is 426. The summed E-state index contributed by atoms with van der Waals surface area (Å²) in [5.41, 5.74) is -0.987. The second kappa shape index (κ2) is 6.42. The topological polar surface area (TPSA) is 58.0 Å². The molecular weight excluding hydrogens is 279 g/mol. The third kappa shape index (κ3) is 4.87. The average molecular weight is 295 g/mol. The largest absolute Gasteiger partial charge is 0.433 e. The Morgan fingerprint density at radius 2 is 2.00 bits per heavy atom. The molecule has 0 aliphatic rings. The Balaban J connectivity index is 3.06. The number of aliphatic hydroxyl groups is 1. The zero-order valence-corrected chi connectivity index (χ0v) is 11.6. The van der Waals surface area contributed by atoms with Crippen molar-refractivity contribution in [3.63, 3.8) is 0 Å². The minimum Gasteiger partial charge on any atom is -0.392 e. The van der Waals surface area contributed by atoms with Gasteiger partial charge in [-0.15, -0.1) is 11.8 Å². The van der Waals surface area contributed by atoms with Gasteiger partial charge in [-0.25, -0.2) is 9.97 Å². The second-order valence-corrected chi connectivity index (χ2v) is 5.40. The Hall–Kier alpha value is -1.02. The molecule has 0 saturated heterocycles. The first-order valence-corrected chi connectivity index (χ1v) is 6.67. The monoisotopic (exact) mass is 295 g/mol. The van der Waals surface area contributed by atoms with E-state index >= 15 is 0 Å². The number of hydrogen-bond acceptors (Lipinski definition) is 5. The number of thioether (sulfide) groups is 1. The summed E-state index contributed by atoms with van der Waals surface area (Å²) in [5.74, 6) is -0.0578. The second-order valence-electron chi connectivity index (χ2n) is 4.01. The van der Waals surface area contributed by atoms with E-state index in [2.05, 4.69) is 15.3 Å². The molecular formula is C11H16F3N3OS. The number of nitrogens with zero attached hydrogens (tertiary/aromatic N) is 2. The number of anilines is 1. The van der Waals surface area contributed by atoms with E-state index in [1.165, 1.54) is 0 Å². The third-order valence-corrected chi connectivity index (χ3v) is 3.53. The van der Waals surface area contributed by atoms with E-state index in [4.69, 9.17) is 0 Å². The van der Waals surface area contributed by atoms with Crippen molar-refractivity contribution in [2.45, 2.75) is 43.3 Å². The molecule has 4 nitrogen and oxygen atoms in total. The lowest BCUT2D eigenvalue weighted by Gasteiger charge is -2.15. The maximum atomic E-state index is 12.7. The van der Waals surface area contributed by atoms with Crippen molar-refractivity contribution in [2.24, 2.45) is 0 Å². The molecule has 1 aromatic heterocycles. The number of nitrogens with one attached hydrogen (secondary N) is 1. The average Bonchev–Trinajstić information content (AvgIpc) is 2.27. The molecule has 0 aliphatic carbocycles. The number of aliphatic hydroxyl groups excluding tert-OH is 1. The predicted octanol–water partition coefficient (Wildman–Crippen LogP) is 2.79. The lowest BCUT2D eigenvalue weighted by molar-refractivity contribution is -0.141. The van der Waals surface area contributed by atoms with Gasteiger partial charge in [0, 0.05) is 17.9 Å². The van der Waals surface area contributed by atoms with Crippen LogP contribution >= 0.6 is 11.8 Å². The molecule has 1 rings (SSSR count). The van der Waals surface area contributed by atoms with Crippen LogP contribution in [-0.4, -0.2) is 33.0 Å². The molecule has 19 heavy (non-hydrogen) atoms. The van der Waals surface area contributed by atoms with Crippen molar-refractivity contribution in [3.8, 4) is 0 Å². The van der Waals surface area contributed by atoms with E-state index in [-0.39, 0.29) is 16.2 Å². The van der Waals surface area contributed by atoms with Gasteiger partial charge in [0.05, 0.1) is 6.10 Å². The van der Waals surface area contributed by atoms with Crippen LogP contribution in [-0.2, 0) is 6.18 Å². The SMILES string of the molecule is CCNc1nc(SC(C)C(C)O)cc(C(F)(F)F)n1. The summed E-state index contributed by atoms with van der Waals surface area (Å²) < 4.78 is 38.1. The lowest BCUT2D eigenvalue weighted by atomic mass is 10.3. The van der Waals surface area contributed by atoms with E-state index in [0.29, 0.717) is 6.54 Å². The zero-order valence-electron chi connectivity index (χ0n) is 10.8. The first-order valence-electron chi connectivity index (χ1n) is 5.79. The molecule has 0 aromatic carbocycles. The maximum absolute atomic E-state index is 12.7. The van der Waals surface area contributed by atoms with E-state index in [9.17, 15) is 18.3 Å². The van der Waals surface area contributed by atoms with Gasteiger partial charge < -0.3 is 10.4 Å². The molecule has 1 heterocycles. The minimum absolute atomic E-state index is 0.0578. The number of alkyl halides is 3. The Kier molecular flexibility index (Phi) is 5.42. The summed E-state index contributed by atoms with van der Waals surface area (Å²) >= 11 is 1.08. The molecule has 0 spiro atoms. The van der Waals surface area contributed by atoms with Crippen LogP contribution in [0.2, 0.25) is 0 Å². The molecule has 2 N–H and O–H groups in total. The maximum Gasteiger partial charge on any atom is 0.433 e. The minimum atomic E-state index is -4.52. The highest BCUT2D eigenvalue weighted by atomic mass is 32.2. The number of aromatic nitrogens is 2. The first kappa shape index (κ1) is 16.0. The molecule has 8 heteroatoms. The van der Waals surface area contributed by atoms with Gasteiger partial charge in [0.15, 0.2) is 5.69 Å². The highest BCUT2D eigenvalue weighted by Crippen LogP contribution is 2.32. The van der Waals surface area contributed by atoms with Crippen molar-refractivity contribution in [1.82, 2.24) is 9.97 Å². The van der Waals surface area contributed by atoms with E-state index in [1.807, 2.05) is 0 Å². The van der Waals surface area contributed by atoms with Crippen molar-refractivity contribution in [3.05, 3.63) is 11.8 Å². The molecule has 0 radical (unpaired) electrons. The number of rotatable bonds is 5. The van der Waals surface area contributed by atoms with Crippen LogP contribution in [0.5, 0.6) is 0 Å². The van der Waals surface area contributed by atoms with Gasteiger partial charge in [-0.05, 0) is 13.8 Å². The van der Waals surface area contributed by atoms with Crippen LogP contribution in [0.4, 0.5) is 19.1 Å². The summed E-state index contributed by atoms with van der Waals surface area (Å²) in [6.45, 7) is 5.47. The fourth-order valence-corrected chi connectivity index (χ4v) is 2.05. The first-order chi connectivity index (χ1) is 8.74. The number of halogens is 3. The van der Waals surface area contributed by atoms with E-state index in [0.717, 1.165) is 17.8 Å². The normalized spacial score (nSPS) is 15.1. The fraction of sp³-hybridized carbons (Fsp3) is 0.636. The van der Waals surface area contributed by atoms with Crippen LogP contribution in [0, 0.1) is 0 Å². The summed E-state index contributed by atoms with van der Waals surface area (Å²) in [5, 5.41) is 12.0. The highest BCUT2D eigenvalue weighted by Gasteiger charge is 2.34. The Morgan fingerprint density at radius 1 is 1.37 bits per heavy atom. The van der Waals surface area contributed by atoms with Crippen LogP contribution in [0.25, 0.3) is 0 Å². The molecule has 108 valence electrons. The van der Waals surface area contributed by atoms with Crippen LogP contribution in [0.3, 0.4) is 0 Å². The number of hydrogen-bond donors (Lipinski definition) is 2. The summed E-state index contributed by atoms with van der Waals surface area (Å²) in [7, 11) is 0. The Labute approximate surface area is 113 Å². The molecule has 0 fully saturated rings. The predicted molar refractivity (Wildman–Crippen MR) is 68.2 cm³/mol. The van der Waals surface area contributed by atoms with Gasteiger partial charge >= 0.3 is 6.18 Å². The molecule has 2 unspecified atom stereocenters. The summed E-state index contributed by atoms with van der Waals surface area (Å²) in [6, 6.07) is 0.893. The highest BCUT2D eigenvalue weighted by molar-refractivity contribution is 7.99. The van der Waals surface area contributed by atoms with Gasteiger partial charge in [0.2, 0.25) is 5.95 Å². The van der Waals surface area contributed by atoms with Gasteiger partial charge in [-0.3, -0.25) is 0 Å². The zero-order chi connectivity index (χ0) is 14.6. The van der Waals surface area contributed by atoms with Crippen LogP contribution < -0.4 is 5.32 Å². The van der Waals surface area contributed by atoms with Crippen molar-refractivity contribution in [2.75, 3.05) is 11.9 Å². The van der Waals surface area contributed by atoms with Crippen molar-refractivity contribution < 1.29 is 18.3 Å². The third-order valence-electron chi connectivity index (χ3n) is 2.31.